The summed E-state index contributed by atoms with van der Waals surface area (Å²) in [6.45, 7) is 7.23. The van der Waals surface area contributed by atoms with Crippen molar-refractivity contribution >= 4 is 0 Å². The lowest BCUT2D eigenvalue weighted by Gasteiger charge is -2.22. The van der Waals surface area contributed by atoms with E-state index >= 15 is 0 Å². The molecule has 1 aromatic heterocycles. The van der Waals surface area contributed by atoms with Gasteiger partial charge in [-0.05, 0) is 32.9 Å². The fourth-order valence-corrected chi connectivity index (χ4v) is 2.37. The first kappa shape index (κ1) is 15.6. The van der Waals surface area contributed by atoms with Crippen LogP contribution in [0.4, 0.5) is 0 Å². The molecule has 0 aliphatic rings. The summed E-state index contributed by atoms with van der Waals surface area (Å²) in [5, 5.41) is 7.89. The van der Waals surface area contributed by atoms with Gasteiger partial charge >= 0.3 is 0 Å². The standard InChI is InChI=1S/C17H25N3O/c1-5-10-18-17(14-11-19-20(4)12-14)15-8-6-7-9-16(15)21-13(2)3/h6-9,11-13,17-18H,5,10H2,1-4H3. The van der Waals surface area contributed by atoms with Crippen LogP contribution < -0.4 is 10.1 Å². The largest absolute Gasteiger partial charge is 0.491 e. The van der Waals surface area contributed by atoms with Gasteiger partial charge in [-0.3, -0.25) is 4.68 Å². The number of benzene rings is 1. The van der Waals surface area contributed by atoms with Crippen LogP contribution in [0.25, 0.3) is 0 Å². The minimum atomic E-state index is 0.105. The number of aryl methyl sites for hydroxylation is 1. The Labute approximate surface area is 127 Å². The van der Waals surface area contributed by atoms with Crippen LogP contribution in [-0.4, -0.2) is 22.4 Å². The van der Waals surface area contributed by atoms with Crippen molar-refractivity contribution in [1.29, 1.82) is 0 Å². The monoisotopic (exact) mass is 287 g/mol. The Kier molecular flexibility index (Phi) is 5.39. The van der Waals surface area contributed by atoms with Gasteiger partial charge in [0.2, 0.25) is 0 Å². The van der Waals surface area contributed by atoms with E-state index in [9.17, 15) is 0 Å². The van der Waals surface area contributed by atoms with Crippen molar-refractivity contribution in [2.75, 3.05) is 6.54 Å². The highest BCUT2D eigenvalue weighted by Crippen LogP contribution is 2.30. The number of nitrogens with one attached hydrogen (secondary N) is 1. The summed E-state index contributed by atoms with van der Waals surface area (Å²) in [4.78, 5) is 0. The van der Waals surface area contributed by atoms with E-state index in [0.717, 1.165) is 29.8 Å². The second kappa shape index (κ2) is 7.27. The molecule has 1 N–H and O–H groups in total. The average Bonchev–Trinajstić information content (AvgIpc) is 2.87. The number of ether oxygens (including phenoxy) is 1. The highest BCUT2D eigenvalue weighted by molar-refractivity contribution is 5.40. The lowest BCUT2D eigenvalue weighted by atomic mass is 10.00. The molecule has 0 saturated heterocycles. The van der Waals surface area contributed by atoms with Crippen LogP contribution >= 0.6 is 0 Å². The van der Waals surface area contributed by atoms with Crippen molar-refractivity contribution < 1.29 is 4.74 Å². The number of para-hydroxylation sites is 1. The summed E-state index contributed by atoms with van der Waals surface area (Å²) in [7, 11) is 1.94. The quantitative estimate of drug-likeness (QED) is 0.849. The molecular weight excluding hydrogens is 262 g/mol. The fraction of sp³-hybridized carbons (Fsp3) is 0.471. The molecule has 0 spiro atoms. The van der Waals surface area contributed by atoms with Crippen LogP contribution in [0.3, 0.4) is 0 Å². The fourth-order valence-electron chi connectivity index (χ4n) is 2.37. The van der Waals surface area contributed by atoms with Crippen molar-refractivity contribution in [3.05, 3.63) is 47.8 Å². The number of rotatable bonds is 7. The SMILES string of the molecule is CCCNC(c1cnn(C)c1)c1ccccc1OC(C)C. The number of aromatic nitrogens is 2. The van der Waals surface area contributed by atoms with E-state index in [-0.39, 0.29) is 12.1 Å². The molecule has 0 radical (unpaired) electrons. The summed E-state index contributed by atoms with van der Waals surface area (Å²) in [5.74, 6) is 0.935. The van der Waals surface area contributed by atoms with Gasteiger partial charge < -0.3 is 10.1 Å². The van der Waals surface area contributed by atoms with Crippen molar-refractivity contribution in [1.82, 2.24) is 15.1 Å². The molecule has 1 atom stereocenters. The van der Waals surface area contributed by atoms with Gasteiger partial charge in [-0.1, -0.05) is 25.1 Å². The molecule has 0 aliphatic heterocycles. The molecule has 4 nitrogen and oxygen atoms in total. The molecule has 4 heteroatoms. The maximum atomic E-state index is 5.97. The molecule has 2 rings (SSSR count). The highest BCUT2D eigenvalue weighted by atomic mass is 16.5. The maximum Gasteiger partial charge on any atom is 0.124 e. The average molecular weight is 287 g/mol. The molecule has 0 aliphatic carbocycles. The molecule has 0 fully saturated rings. The minimum Gasteiger partial charge on any atom is -0.491 e. The van der Waals surface area contributed by atoms with Crippen LogP contribution in [0.5, 0.6) is 5.75 Å². The third kappa shape index (κ3) is 4.08. The molecule has 21 heavy (non-hydrogen) atoms. The van der Waals surface area contributed by atoms with E-state index in [4.69, 9.17) is 4.74 Å². The predicted octanol–water partition coefficient (Wildman–Crippen LogP) is 3.30. The molecule has 1 heterocycles. The molecular formula is C17H25N3O. The lowest BCUT2D eigenvalue weighted by Crippen LogP contribution is -2.24. The normalized spacial score (nSPS) is 12.6. The van der Waals surface area contributed by atoms with Gasteiger partial charge in [0, 0.05) is 24.4 Å². The number of hydrogen-bond acceptors (Lipinski definition) is 3. The zero-order valence-corrected chi connectivity index (χ0v) is 13.3. The second-order valence-electron chi connectivity index (χ2n) is 5.54. The molecule has 1 unspecified atom stereocenters. The Bertz CT molecular complexity index is 563. The first-order valence-corrected chi connectivity index (χ1v) is 7.59. The van der Waals surface area contributed by atoms with E-state index in [0.29, 0.717) is 0 Å². The summed E-state index contributed by atoms with van der Waals surface area (Å²) in [6, 6.07) is 8.33. The van der Waals surface area contributed by atoms with Gasteiger partial charge in [-0.2, -0.15) is 5.10 Å². The van der Waals surface area contributed by atoms with Crippen molar-refractivity contribution in [3.63, 3.8) is 0 Å². The Morgan fingerprint density at radius 3 is 2.67 bits per heavy atom. The summed E-state index contributed by atoms with van der Waals surface area (Å²) in [5.41, 5.74) is 2.32. The molecule has 114 valence electrons. The number of nitrogens with zero attached hydrogens (tertiary/aromatic N) is 2. The Morgan fingerprint density at radius 1 is 1.29 bits per heavy atom. The van der Waals surface area contributed by atoms with Gasteiger partial charge in [0.25, 0.3) is 0 Å². The van der Waals surface area contributed by atoms with Gasteiger partial charge in [-0.15, -0.1) is 0 Å². The zero-order valence-electron chi connectivity index (χ0n) is 13.3. The van der Waals surface area contributed by atoms with E-state index in [1.807, 2.05) is 30.1 Å². The zero-order chi connectivity index (χ0) is 15.2. The molecule has 2 aromatic rings. The van der Waals surface area contributed by atoms with Crippen molar-refractivity contribution in [3.8, 4) is 5.75 Å². The minimum absolute atomic E-state index is 0.105. The van der Waals surface area contributed by atoms with Crippen LogP contribution in [0.15, 0.2) is 36.7 Å². The smallest absolute Gasteiger partial charge is 0.124 e. The van der Waals surface area contributed by atoms with E-state index in [1.165, 1.54) is 0 Å². The summed E-state index contributed by atoms with van der Waals surface area (Å²) in [6.07, 6.45) is 5.22. The predicted molar refractivity (Wildman–Crippen MR) is 85.6 cm³/mol. The topological polar surface area (TPSA) is 39.1 Å². The third-order valence-electron chi connectivity index (χ3n) is 3.25. The van der Waals surface area contributed by atoms with Gasteiger partial charge in [-0.25, -0.2) is 0 Å². The highest BCUT2D eigenvalue weighted by Gasteiger charge is 2.19. The maximum absolute atomic E-state index is 5.97. The molecule has 0 saturated carbocycles. The third-order valence-corrected chi connectivity index (χ3v) is 3.25. The second-order valence-corrected chi connectivity index (χ2v) is 5.54. The Balaban J connectivity index is 2.36. The van der Waals surface area contributed by atoms with Crippen LogP contribution in [0.1, 0.15) is 44.4 Å². The van der Waals surface area contributed by atoms with Crippen molar-refractivity contribution in [2.45, 2.75) is 39.3 Å². The summed E-state index contributed by atoms with van der Waals surface area (Å²) >= 11 is 0. The van der Waals surface area contributed by atoms with Gasteiger partial charge in [0.1, 0.15) is 5.75 Å². The lowest BCUT2D eigenvalue weighted by molar-refractivity contribution is 0.238. The Morgan fingerprint density at radius 2 is 2.05 bits per heavy atom. The molecule has 0 amide bonds. The van der Waals surface area contributed by atoms with Crippen LogP contribution in [0.2, 0.25) is 0 Å². The van der Waals surface area contributed by atoms with Crippen LogP contribution in [-0.2, 0) is 7.05 Å². The van der Waals surface area contributed by atoms with E-state index < -0.39 is 0 Å². The summed E-state index contributed by atoms with van der Waals surface area (Å²) < 4.78 is 7.80. The first-order chi connectivity index (χ1) is 10.1. The number of hydrogen-bond donors (Lipinski definition) is 1. The van der Waals surface area contributed by atoms with E-state index in [2.05, 4.69) is 49.5 Å². The molecule has 0 bridgehead atoms. The molecule has 1 aromatic carbocycles. The Hall–Kier alpha value is -1.81. The van der Waals surface area contributed by atoms with Gasteiger partial charge in [0.05, 0.1) is 18.3 Å². The van der Waals surface area contributed by atoms with Gasteiger partial charge in [0.15, 0.2) is 0 Å². The van der Waals surface area contributed by atoms with Crippen molar-refractivity contribution in [2.24, 2.45) is 7.05 Å². The van der Waals surface area contributed by atoms with Crippen LogP contribution in [0, 0.1) is 0 Å². The first-order valence-electron chi connectivity index (χ1n) is 7.59. The van der Waals surface area contributed by atoms with E-state index in [1.54, 1.807) is 0 Å².